The molecule has 1 unspecified atom stereocenters. The van der Waals surface area contributed by atoms with E-state index in [4.69, 9.17) is 10.3 Å². The molecule has 2 heterocycles. The van der Waals surface area contributed by atoms with Crippen LogP contribution in [0.15, 0.2) is 41.1 Å². The van der Waals surface area contributed by atoms with E-state index in [1.165, 1.54) is 0 Å². The molecule has 2 aromatic heterocycles. The highest BCUT2D eigenvalue weighted by molar-refractivity contribution is 5.92. The van der Waals surface area contributed by atoms with Gasteiger partial charge < -0.3 is 10.3 Å². The highest BCUT2D eigenvalue weighted by atomic mass is 16.5. The Kier molecular flexibility index (Phi) is 2.97. The molecule has 0 fully saturated rings. The van der Waals surface area contributed by atoms with Gasteiger partial charge in [0.1, 0.15) is 5.69 Å². The van der Waals surface area contributed by atoms with E-state index in [-0.39, 0.29) is 6.04 Å². The monoisotopic (exact) mass is 254 g/mol. The van der Waals surface area contributed by atoms with E-state index in [9.17, 15) is 0 Å². The molecule has 1 atom stereocenters. The van der Waals surface area contributed by atoms with Crippen molar-refractivity contribution in [3.63, 3.8) is 0 Å². The van der Waals surface area contributed by atoms with Crippen molar-refractivity contribution in [2.75, 3.05) is 0 Å². The standard InChI is InChI=1S/C14H14N4O/c1-9(15)8-12-17-14(18-19-12)13-11-5-3-2-4-10(11)6-7-16-13/h2-7,9H,8,15H2,1H3. The smallest absolute Gasteiger partial charge is 0.228 e. The van der Waals surface area contributed by atoms with Crippen LogP contribution in [0, 0.1) is 0 Å². The van der Waals surface area contributed by atoms with Crippen molar-refractivity contribution in [3.8, 4) is 11.5 Å². The van der Waals surface area contributed by atoms with E-state index >= 15 is 0 Å². The van der Waals surface area contributed by atoms with Crippen LogP contribution in [0.2, 0.25) is 0 Å². The van der Waals surface area contributed by atoms with Gasteiger partial charge in [0.25, 0.3) is 0 Å². The van der Waals surface area contributed by atoms with Crippen LogP contribution in [-0.4, -0.2) is 21.2 Å². The van der Waals surface area contributed by atoms with Gasteiger partial charge in [0.15, 0.2) is 0 Å². The number of rotatable bonds is 3. The Labute approximate surface area is 110 Å². The zero-order valence-electron chi connectivity index (χ0n) is 10.6. The van der Waals surface area contributed by atoms with Gasteiger partial charge in [-0.05, 0) is 18.4 Å². The molecule has 0 spiro atoms. The summed E-state index contributed by atoms with van der Waals surface area (Å²) in [6, 6.07) is 9.94. The van der Waals surface area contributed by atoms with Gasteiger partial charge in [-0.2, -0.15) is 4.98 Å². The molecule has 0 bridgehead atoms. The fraction of sp³-hybridized carbons (Fsp3) is 0.214. The number of hydrogen-bond donors (Lipinski definition) is 1. The van der Waals surface area contributed by atoms with Crippen molar-refractivity contribution in [2.24, 2.45) is 5.73 Å². The fourth-order valence-electron chi connectivity index (χ4n) is 2.01. The van der Waals surface area contributed by atoms with Crippen LogP contribution in [0.3, 0.4) is 0 Å². The quantitative estimate of drug-likeness (QED) is 0.775. The number of nitrogens with zero attached hydrogens (tertiary/aromatic N) is 3. The molecule has 5 nitrogen and oxygen atoms in total. The Morgan fingerprint density at radius 3 is 2.95 bits per heavy atom. The van der Waals surface area contributed by atoms with E-state index in [1.807, 2.05) is 37.3 Å². The molecule has 5 heteroatoms. The van der Waals surface area contributed by atoms with Crippen molar-refractivity contribution in [2.45, 2.75) is 19.4 Å². The summed E-state index contributed by atoms with van der Waals surface area (Å²) < 4.78 is 5.20. The second-order valence-electron chi connectivity index (χ2n) is 4.57. The van der Waals surface area contributed by atoms with Gasteiger partial charge >= 0.3 is 0 Å². The van der Waals surface area contributed by atoms with Gasteiger partial charge in [-0.1, -0.05) is 29.4 Å². The molecular weight excluding hydrogens is 240 g/mol. The molecular formula is C14H14N4O. The summed E-state index contributed by atoms with van der Waals surface area (Å²) in [6.45, 7) is 1.90. The first kappa shape index (κ1) is 11.8. The van der Waals surface area contributed by atoms with Crippen molar-refractivity contribution in [1.29, 1.82) is 0 Å². The van der Waals surface area contributed by atoms with Gasteiger partial charge in [-0.15, -0.1) is 0 Å². The molecule has 0 saturated carbocycles. The molecule has 19 heavy (non-hydrogen) atoms. The largest absolute Gasteiger partial charge is 0.339 e. The normalized spacial score (nSPS) is 12.7. The van der Waals surface area contributed by atoms with Crippen LogP contribution in [0.4, 0.5) is 0 Å². The van der Waals surface area contributed by atoms with Crippen LogP contribution < -0.4 is 5.73 Å². The number of nitrogens with two attached hydrogens (primary N) is 1. The molecule has 0 amide bonds. The van der Waals surface area contributed by atoms with Crippen molar-refractivity contribution >= 4 is 10.8 Å². The maximum absolute atomic E-state index is 5.72. The average Bonchev–Trinajstić information content (AvgIpc) is 2.85. The van der Waals surface area contributed by atoms with E-state index in [1.54, 1.807) is 6.20 Å². The summed E-state index contributed by atoms with van der Waals surface area (Å²) in [4.78, 5) is 8.70. The Morgan fingerprint density at radius 2 is 2.11 bits per heavy atom. The van der Waals surface area contributed by atoms with Gasteiger partial charge in [-0.3, -0.25) is 4.98 Å². The lowest BCUT2D eigenvalue weighted by atomic mass is 10.1. The zero-order valence-corrected chi connectivity index (χ0v) is 10.6. The summed E-state index contributed by atoms with van der Waals surface area (Å²) in [7, 11) is 0. The SMILES string of the molecule is CC(N)Cc1nc(-c2nccc3ccccc23)no1. The lowest BCUT2D eigenvalue weighted by Crippen LogP contribution is -2.17. The molecule has 0 saturated heterocycles. The highest BCUT2D eigenvalue weighted by Gasteiger charge is 2.13. The van der Waals surface area contributed by atoms with Crippen molar-refractivity contribution in [3.05, 3.63) is 42.4 Å². The van der Waals surface area contributed by atoms with Crippen LogP contribution in [-0.2, 0) is 6.42 Å². The minimum atomic E-state index is -0.00576. The fourth-order valence-corrected chi connectivity index (χ4v) is 2.01. The average molecular weight is 254 g/mol. The topological polar surface area (TPSA) is 77.8 Å². The highest BCUT2D eigenvalue weighted by Crippen LogP contribution is 2.24. The summed E-state index contributed by atoms with van der Waals surface area (Å²) in [5, 5.41) is 6.10. The summed E-state index contributed by atoms with van der Waals surface area (Å²) in [6.07, 6.45) is 2.32. The Morgan fingerprint density at radius 1 is 1.26 bits per heavy atom. The third-order valence-electron chi connectivity index (χ3n) is 2.85. The Hall–Kier alpha value is -2.27. The number of benzene rings is 1. The first-order valence-corrected chi connectivity index (χ1v) is 6.16. The van der Waals surface area contributed by atoms with Crippen LogP contribution >= 0.6 is 0 Å². The summed E-state index contributed by atoms with van der Waals surface area (Å²) in [5.74, 6) is 1.05. The van der Waals surface area contributed by atoms with Gasteiger partial charge in [-0.25, -0.2) is 0 Å². The lowest BCUT2D eigenvalue weighted by Gasteiger charge is -2.00. The molecule has 0 aliphatic carbocycles. The molecule has 3 rings (SSSR count). The van der Waals surface area contributed by atoms with E-state index < -0.39 is 0 Å². The van der Waals surface area contributed by atoms with Gasteiger partial charge in [0.05, 0.1) is 0 Å². The minimum Gasteiger partial charge on any atom is -0.339 e. The molecule has 2 N–H and O–H groups in total. The maximum atomic E-state index is 5.72. The van der Waals surface area contributed by atoms with E-state index in [2.05, 4.69) is 15.1 Å². The number of pyridine rings is 1. The number of hydrogen-bond acceptors (Lipinski definition) is 5. The van der Waals surface area contributed by atoms with E-state index in [0.29, 0.717) is 18.1 Å². The molecule has 3 aromatic rings. The maximum Gasteiger partial charge on any atom is 0.228 e. The first-order valence-electron chi connectivity index (χ1n) is 6.16. The molecule has 0 radical (unpaired) electrons. The minimum absolute atomic E-state index is 0.00576. The van der Waals surface area contributed by atoms with Crippen molar-refractivity contribution < 1.29 is 4.52 Å². The van der Waals surface area contributed by atoms with Crippen LogP contribution in [0.5, 0.6) is 0 Å². The Bertz CT molecular complexity index is 700. The van der Waals surface area contributed by atoms with E-state index in [0.717, 1.165) is 16.5 Å². The molecule has 1 aromatic carbocycles. The van der Waals surface area contributed by atoms with Crippen LogP contribution in [0.25, 0.3) is 22.3 Å². The number of aromatic nitrogens is 3. The summed E-state index contributed by atoms with van der Waals surface area (Å²) in [5.41, 5.74) is 6.45. The second kappa shape index (κ2) is 4.78. The van der Waals surface area contributed by atoms with Crippen molar-refractivity contribution in [1.82, 2.24) is 15.1 Å². The molecule has 0 aliphatic rings. The van der Waals surface area contributed by atoms with Gasteiger partial charge in [0, 0.05) is 24.0 Å². The Balaban J connectivity index is 2.06. The zero-order chi connectivity index (χ0) is 13.2. The predicted molar refractivity (Wildman–Crippen MR) is 72.4 cm³/mol. The van der Waals surface area contributed by atoms with Gasteiger partial charge in [0.2, 0.25) is 11.7 Å². The van der Waals surface area contributed by atoms with Crippen LogP contribution in [0.1, 0.15) is 12.8 Å². The third-order valence-corrected chi connectivity index (χ3v) is 2.85. The third kappa shape index (κ3) is 2.32. The number of fused-ring (bicyclic) bond motifs is 1. The molecule has 0 aliphatic heterocycles. The molecule has 96 valence electrons. The lowest BCUT2D eigenvalue weighted by molar-refractivity contribution is 0.372. The summed E-state index contributed by atoms with van der Waals surface area (Å²) >= 11 is 0. The first-order chi connectivity index (χ1) is 9.24. The predicted octanol–water partition coefficient (Wildman–Crippen LogP) is 2.17. The second-order valence-corrected chi connectivity index (χ2v) is 4.57.